The number of rotatable bonds is 14. The first-order valence-corrected chi connectivity index (χ1v) is 13.6. The van der Waals surface area contributed by atoms with Crippen LogP contribution in [0.1, 0.15) is 57.2 Å². The monoisotopic (exact) mass is 488 g/mol. The number of esters is 1. The minimum absolute atomic E-state index is 0.152. The number of thioether (sulfide) groups is 2. The first-order chi connectivity index (χ1) is 15.6. The van der Waals surface area contributed by atoms with Crippen molar-refractivity contribution in [1.82, 2.24) is 0 Å². The second kappa shape index (κ2) is 13.1. The zero-order valence-corrected chi connectivity index (χ0v) is 21.8. The van der Waals surface area contributed by atoms with E-state index in [2.05, 4.69) is 24.3 Å². The molecule has 0 amide bonds. The second-order valence-electron chi connectivity index (χ2n) is 9.56. The Bertz CT molecular complexity index is 877. The van der Waals surface area contributed by atoms with Crippen molar-refractivity contribution < 1.29 is 19.4 Å². The van der Waals surface area contributed by atoms with E-state index < -0.39 is 16.8 Å². The van der Waals surface area contributed by atoms with E-state index >= 15 is 0 Å². The predicted octanol–water partition coefficient (Wildman–Crippen LogP) is 6.81. The molecule has 0 aliphatic rings. The predicted molar refractivity (Wildman–Crippen MR) is 139 cm³/mol. The average Bonchev–Trinajstić information content (AvgIpc) is 2.79. The van der Waals surface area contributed by atoms with Crippen LogP contribution in [0.3, 0.4) is 0 Å². The van der Waals surface area contributed by atoms with Crippen molar-refractivity contribution in [3.63, 3.8) is 0 Å². The molecule has 0 atom stereocenters. The lowest BCUT2D eigenvalue weighted by Crippen LogP contribution is -2.27. The van der Waals surface area contributed by atoms with Gasteiger partial charge in [-0.05, 0) is 68.7 Å². The Kier molecular flexibility index (Phi) is 10.8. The lowest BCUT2D eigenvalue weighted by Gasteiger charge is -2.22. The molecule has 6 heteroatoms. The molecular formula is C27H36O4S2. The van der Waals surface area contributed by atoms with Crippen LogP contribution in [-0.2, 0) is 32.4 Å². The van der Waals surface area contributed by atoms with Crippen molar-refractivity contribution >= 4 is 35.5 Å². The van der Waals surface area contributed by atoms with Gasteiger partial charge in [-0.2, -0.15) is 23.5 Å². The SMILES string of the molecule is CC(C)(CCSCc1ccc(CSCCC(C)(C)C(=O)OCc2ccccc2)cc1)C(=O)O. The van der Waals surface area contributed by atoms with Crippen LogP contribution in [0.25, 0.3) is 0 Å². The molecule has 2 aromatic carbocycles. The molecule has 0 unspecified atom stereocenters. The lowest BCUT2D eigenvalue weighted by atomic mass is 9.90. The Morgan fingerprint density at radius 3 is 1.73 bits per heavy atom. The number of carbonyl (C=O) groups excluding carboxylic acids is 1. The average molecular weight is 489 g/mol. The zero-order valence-electron chi connectivity index (χ0n) is 20.1. The molecule has 0 aliphatic carbocycles. The maximum absolute atomic E-state index is 12.5. The van der Waals surface area contributed by atoms with Crippen LogP contribution in [0.5, 0.6) is 0 Å². The van der Waals surface area contributed by atoms with E-state index in [0.29, 0.717) is 13.0 Å². The van der Waals surface area contributed by atoms with Crippen molar-refractivity contribution in [2.45, 2.75) is 58.6 Å². The molecule has 0 fully saturated rings. The molecule has 0 heterocycles. The van der Waals surface area contributed by atoms with Crippen molar-refractivity contribution in [2.24, 2.45) is 10.8 Å². The van der Waals surface area contributed by atoms with Crippen LogP contribution in [0.4, 0.5) is 0 Å². The fourth-order valence-corrected chi connectivity index (χ4v) is 5.35. The van der Waals surface area contributed by atoms with Crippen molar-refractivity contribution in [3.05, 3.63) is 71.3 Å². The second-order valence-corrected chi connectivity index (χ2v) is 11.8. The quantitative estimate of drug-likeness (QED) is 0.233. The summed E-state index contributed by atoms with van der Waals surface area (Å²) < 4.78 is 5.51. The maximum Gasteiger partial charge on any atom is 0.311 e. The number of ether oxygens (including phenoxy) is 1. The minimum atomic E-state index is -0.739. The highest BCUT2D eigenvalue weighted by molar-refractivity contribution is 7.98. The van der Waals surface area contributed by atoms with E-state index in [-0.39, 0.29) is 5.97 Å². The minimum Gasteiger partial charge on any atom is -0.481 e. The summed E-state index contributed by atoms with van der Waals surface area (Å²) in [5.74, 6) is 2.64. The topological polar surface area (TPSA) is 63.6 Å². The summed E-state index contributed by atoms with van der Waals surface area (Å²) in [5, 5.41) is 9.18. The van der Waals surface area contributed by atoms with Crippen LogP contribution in [-0.4, -0.2) is 28.6 Å². The summed E-state index contributed by atoms with van der Waals surface area (Å²) in [6.07, 6.45) is 1.44. The number of hydrogen-bond acceptors (Lipinski definition) is 5. The molecule has 0 aliphatic heterocycles. The Morgan fingerprint density at radius 1 is 0.758 bits per heavy atom. The number of benzene rings is 2. The summed E-state index contributed by atoms with van der Waals surface area (Å²) in [6.45, 7) is 7.77. The fraction of sp³-hybridized carbons (Fsp3) is 0.481. The Labute approximate surface area is 206 Å². The summed E-state index contributed by atoms with van der Waals surface area (Å²) in [7, 11) is 0. The first-order valence-electron chi connectivity index (χ1n) is 11.3. The van der Waals surface area contributed by atoms with Crippen LogP contribution >= 0.6 is 23.5 Å². The summed E-state index contributed by atoms with van der Waals surface area (Å²) >= 11 is 3.60. The smallest absolute Gasteiger partial charge is 0.311 e. The third-order valence-electron chi connectivity index (χ3n) is 5.65. The highest BCUT2D eigenvalue weighted by atomic mass is 32.2. The van der Waals surface area contributed by atoms with Crippen LogP contribution in [0.2, 0.25) is 0 Å². The van der Waals surface area contributed by atoms with Crippen LogP contribution < -0.4 is 0 Å². The zero-order chi connectivity index (χ0) is 24.3. The van der Waals surface area contributed by atoms with Gasteiger partial charge in [0.25, 0.3) is 0 Å². The van der Waals surface area contributed by atoms with Gasteiger partial charge in [0.15, 0.2) is 0 Å². The van der Waals surface area contributed by atoms with Gasteiger partial charge in [0.05, 0.1) is 10.8 Å². The van der Waals surface area contributed by atoms with Gasteiger partial charge in [-0.3, -0.25) is 9.59 Å². The standard InChI is InChI=1S/C27H36O4S2/c1-26(2,24(28)29)14-16-32-19-22-10-12-23(13-11-22)20-33-17-15-27(3,4)25(30)31-18-21-8-6-5-7-9-21/h5-13H,14-20H2,1-4H3,(H,28,29). The third kappa shape index (κ3) is 9.85. The number of carboxylic acid groups (broad SMARTS) is 1. The van der Waals surface area contributed by atoms with E-state index in [1.165, 1.54) is 11.1 Å². The number of aliphatic carboxylic acids is 1. The van der Waals surface area contributed by atoms with Crippen molar-refractivity contribution in [1.29, 1.82) is 0 Å². The number of hydrogen-bond donors (Lipinski definition) is 1. The molecule has 1 N–H and O–H groups in total. The van der Waals surface area contributed by atoms with Gasteiger partial charge in [0, 0.05) is 11.5 Å². The Balaban J connectivity index is 1.65. The van der Waals surface area contributed by atoms with E-state index in [0.717, 1.165) is 35.0 Å². The van der Waals surface area contributed by atoms with Crippen LogP contribution in [0, 0.1) is 10.8 Å². The molecule has 0 radical (unpaired) electrons. The van der Waals surface area contributed by atoms with Gasteiger partial charge in [0.1, 0.15) is 6.61 Å². The normalized spacial score (nSPS) is 11.9. The third-order valence-corrected chi connectivity index (χ3v) is 7.71. The molecule has 33 heavy (non-hydrogen) atoms. The summed E-state index contributed by atoms with van der Waals surface area (Å²) in [4.78, 5) is 23.6. The van der Waals surface area contributed by atoms with E-state index in [9.17, 15) is 14.7 Å². The first kappa shape index (κ1) is 27.3. The summed E-state index contributed by atoms with van der Waals surface area (Å²) in [5.41, 5.74) is 2.36. The fourth-order valence-electron chi connectivity index (χ4n) is 2.89. The molecule has 0 saturated carbocycles. The number of carbonyl (C=O) groups is 2. The molecule has 0 spiro atoms. The molecular weight excluding hydrogens is 452 g/mol. The number of carboxylic acids is 1. The van der Waals surface area contributed by atoms with E-state index in [1.807, 2.05) is 55.9 Å². The molecule has 0 saturated heterocycles. The van der Waals surface area contributed by atoms with E-state index in [1.54, 1.807) is 25.6 Å². The molecule has 4 nitrogen and oxygen atoms in total. The van der Waals surface area contributed by atoms with Crippen molar-refractivity contribution in [2.75, 3.05) is 11.5 Å². The Morgan fingerprint density at radius 2 is 1.24 bits per heavy atom. The van der Waals surface area contributed by atoms with Crippen LogP contribution in [0.15, 0.2) is 54.6 Å². The summed E-state index contributed by atoms with van der Waals surface area (Å²) in [6, 6.07) is 18.4. The molecule has 0 bridgehead atoms. The Hall–Kier alpha value is -1.92. The molecule has 180 valence electrons. The van der Waals surface area contributed by atoms with E-state index in [4.69, 9.17) is 4.74 Å². The van der Waals surface area contributed by atoms with Gasteiger partial charge in [0.2, 0.25) is 0 Å². The van der Waals surface area contributed by atoms with Crippen molar-refractivity contribution in [3.8, 4) is 0 Å². The van der Waals surface area contributed by atoms with Gasteiger partial charge in [-0.1, -0.05) is 54.6 Å². The van der Waals surface area contributed by atoms with Gasteiger partial charge < -0.3 is 9.84 Å². The molecule has 2 rings (SSSR count). The largest absolute Gasteiger partial charge is 0.481 e. The highest BCUT2D eigenvalue weighted by Crippen LogP contribution is 2.27. The maximum atomic E-state index is 12.5. The van der Waals surface area contributed by atoms with Gasteiger partial charge >= 0.3 is 11.9 Å². The van der Waals surface area contributed by atoms with Gasteiger partial charge in [-0.15, -0.1) is 0 Å². The lowest BCUT2D eigenvalue weighted by molar-refractivity contribution is -0.155. The van der Waals surface area contributed by atoms with Gasteiger partial charge in [-0.25, -0.2) is 0 Å². The molecule has 2 aromatic rings. The molecule has 0 aromatic heterocycles. The highest BCUT2D eigenvalue weighted by Gasteiger charge is 2.29.